The summed E-state index contributed by atoms with van der Waals surface area (Å²) in [4.78, 5) is 11.3. The minimum absolute atomic E-state index is 0.133. The van der Waals surface area contributed by atoms with E-state index in [-0.39, 0.29) is 5.56 Å². The highest BCUT2D eigenvalue weighted by Gasteiger charge is 2.63. The van der Waals surface area contributed by atoms with E-state index in [4.69, 9.17) is 5.11 Å². The Kier molecular flexibility index (Phi) is 4.78. The van der Waals surface area contributed by atoms with Gasteiger partial charge in [0.15, 0.2) is 0 Å². The van der Waals surface area contributed by atoms with E-state index in [1.165, 1.54) is 6.07 Å². The zero-order valence-electron chi connectivity index (χ0n) is 14.5. The lowest BCUT2D eigenvalue weighted by molar-refractivity contribution is -0.265. The van der Waals surface area contributed by atoms with Crippen molar-refractivity contribution < 1.29 is 33.3 Å². The van der Waals surface area contributed by atoms with Crippen LogP contribution in [-0.2, 0) is 21.2 Å². The van der Waals surface area contributed by atoms with Crippen molar-refractivity contribution >= 4 is 5.97 Å². The number of carboxylic acid groups (broad SMARTS) is 1. The van der Waals surface area contributed by atoms with E-state index >= 15 is 0 Å². The standard InChI is InChI=1S/C17H23F3O4/c1-14(2,3)9-7-10(15(4,5)6)12(21)11(8-9)16(24,13(22)23)17(18,19)20/h7-8,21,24H,1-6H3,(H,22,23)/t16-/m1/s1. The number of halogens is 3. The Bertz CT molecular complexity index is 652. The molecule has 0 bridgehead atoms. The SMILES string of the molecule is CC(C)(C)c1cc(C(C)(C)C)c(O)c([C@@](O)(C(=O)O)C(F)(F)F)c1. The summed E-state index contributed by atoms with van der Waals surface area (Å²) in [6.07, 6.45) is -5.50. The van der Waals surface area contributed by atoms with Crippen LogP contribution in [0.4, 0.5) is 13.2 Å². The van der Waals surface area contributed by atoms with Crippen LogP contribution in [-0.4, -0.2) is 27.5 Å². The molecule has 7 heteroatoms. The number of carboxylic acids is 1. The van der Waals surface area contributed by atoms with Gasteiger partial charge in [0.2, 0.25) is 0 Å². The molecule has 0 fully saturated rings. The lowest BCUT2D eigenvalue weighted by Gasteiger charge is -2.32. The molecule has 0 saturated heterocycles. The van der Waals surface area contributed by atoms with Gasteiger partial charge in [-0.05, 0) is 28.0 Å². The number of hydrogen-bond acceptors (Lipinski definition) is 3. The number of aliphatic hydroxyl groups is 1. The molecule has 4 nitrogen and oxygen atoms in total. The lowest BCUT2D eigenvalue weighted by atomic mass is 9.76. The maximum absolute atomic E-state index is 13.3. The molecule has 24 heavy (non-hydrogen) atoms. The van der Waals surface area contributed by atoms with Crippen LogP contribution in [0.2, 0.25) is 0 Å². The van der Waals surface area contributed by atoms with Gasteiger partial charge >= 0.3 is 12.1 Å². The summed E-state index contributed by atoms with van der Waals surface area (Å²) in [7, 11) is 0. The van der Waals surface area contributed by atoms with Crippen molar-refractivity contribution in [2.75, 3.05) is 0 Å². The molecule has 0 radical (unpaired) electrons. The van der Waals surface area contributed by atoms with Crippen molar-refractivity contribution in [1.82, 2.24) is 0 Å². The summed E-state index contributed by atoms with van der Waals surface area (Å²) in [5, 5.41) is 29.4. The molecule has 1 atom stereocenters. The van der Waals surface area contributed by atoms with Gasteiger partial charge in [-0.25, -0.2) is 4.79 Å². The van der Waals surface area contributed by atoms with Crippen LogP contribution in [0, 0.1) is 0 Å². The first-order valence-corrected chi connectivity index (χ1v) is 7.35. The zero-order chi connectivity index (χ0) is 19.3. The highest BCUT2D eigenvalue weighted by molar-refractivity contribution is 5.82. The Labute approximate surface area is 138 Å². The summed E-state index contributed by atoms with van der Waals surface area (Å²) in [6.45, 7) is 10.2. The Morgan fingerprint density at radius 3 is 1.62 bits per heavy atom. The average molecular weight is 348 g/mol. The number of hydrogen-bond donors (Lipinski definition) is 3. The van der Waals surface area contributed by atoms with Crippen LogP contribution in [0.1, 0.15) is 58.2 Å². The van der Waals surface area contributed by atoms with Gasteiger partial charge in [-0.1, -0.05) is 47.6 Å². The summed E-state index contributed by atoms with van der Waals surface area (Å²) < 4.78 is 40.0. The normalized spacial score (nSPS) is 15.9. The van der Waals surface area contributed by atoms with Crippen LogP contribution in [0.5, 0.6) is 5.75 Å². The molecule has 0 saturated carbocycles. The number of carbonyl (C=O) groups is 1. The van der Waals surface area contributed by atoms with E-state index in [1.807, 2.05) is 0 Å². The summed E-state index contributed by atoms with van der Waals surface area (Å²) in [5.74, 6) is -3.35. The molecule has 1 rings (SSSR count). The molecular weight excluding hydrogens is 325 g/mol. The first kappa shape index (κ1) is 20.3. The molecule has 0 amide bonds. The molecule has 0 aliphatic carbocycles. The van der Waals surface area contributed by atoms with Gasteiger partial charge in [-0.2, -0.15) is 13.2 Å². The van der Waals surface area contributed by atoms with E-state index in [1.54, 1.807) is 41.5 Å². The summed E-state index contributed by atoms with van der Waals surface area (Å²) in [6, 6.07) is 2.45. The third kappa shape index (κ3) is 3.36. The van der Waals surface area contributed by atoms with Gasteiger partial charge in [0.05, 0.1) is 0 Å². The molecule has 1 aromatic carbocycles. The average Bonchev–Trinajstić information content (AvgIpc) is 2.33. The molecule has 3 N–H and O–H groups in total. The highest BCUT2D eigenvalue weighted by Crippen LogP contribution is 2.47. The number of aliphatic carboxylic acids is 1. The molecule has 0 aliphatic heterocycles. The van der Waals surface area contributed by atoms with E-state index < -0.39 is 39.9 Å². The molecule has 136 valence electrons. The second kappa shape index (κ2) is 5.65. The number of aromatic hydroxyl groups is 1. The van der Waals surface area contributed by atoms with Crippen molar-refractivity contribution in [2.45, 2.75) is 64.1 Å². The number of alkyl halides is 3. The Morgan fingerprint density at radius 2 is 1.33 bits per heavy atom. The van der Waals surface area contributed by atoms with Crippen LogP contribution < -0.4 is 0 Å². The Morgan fingerprint density at radius 1 is 0.917 bits per heavy atom. The number of benzene rings is 1. The smallest absolute Gasteiger partial charge is 0.432 e. The van der Waals surface area contributed by atoms with Crippen molar-refractivity contribution in [1.29, 1.82) is 0 Å². The van der Waals surface area contributed by atoms with Gasteiger partial charge in [0.1, 0.15) is 5.75 Å². The maximum atomic E-state index is 13.3. The fourth-order valence-corrected chi connectivity index (χ4v) is 2.30. The Hall–Kier alpha value is -1.76. The highest BCUT2D eigenvalue weighted by atomic mass is 19.4. The van der Waals surface area contributed by atoms with Gasteiger partial charge < -0.3 is 15.3 Å². The predicted octanol–water partition coefficient (Wildman–Crippen LogP) is 3.82. The van der Waals surface area contributed by atoms with Crippen LogP contribution >= 0.6 is 0 Å². The van der Waals surface area contributed by atoms with Crippen LogP contribution in [0.3, 0.4) is 0 Å². The number of rotatable bonds is 2. The molecule has 0 unspecified atom stereocenters. The fraction of sp³-hybridized carbons (Fsp3) is 0.588. The zero-order valence-corrected chi connectivity index (χ0v) is 14.5. The third-order valence-electron chi connectivity index (χ3n) is 3.89. The Balaban J connectivity index is 3.98. The third-order valence-corrected chi connectivity index (χ3v) is 3.89. The minimum atomic E-state index is -5.50. The van der Waals surface area contributed by atoms with E-state index in [0.717, 1.165) is 6.07 Å². The van der Waals surface area contributed by atoms with Crippen LogP contribution in [0.15, 0.2) is 12.1 Å². The second-order valence-corrected chi connectivity index (χ2v) is 7.93. The van der Waals surface area contributed by atoms with Gasteiger partial charge in [0, 0.05) is 5.56 Å². The van der Waals surface area contributed by atoms with E-state index in [0.29, 0.717) is 5.56 Å². The van der Waals surface area contributed by atoms with Crippen molar-refractivity contribution in [3.8, 4) is 5.75 Å². The molecule has 0 aromatic heterocycles. The fourth-order valence-electron chi connectivity index (χ4n) is 2.30. The molecule has 1 aromatic rings. The monoisotopic (exact) mass is 348 g/mol. The summed E-state index contributed by atoms with van der Waals surface area (Å²) >= 11 is 0. The topological polar surface area (TPSA) is 77.8 Å². The second-order valence-electron chi connectivity index (χ2n) is 7.93. The van der Waals surface area contributed by atoms with E-state index in [9.17, 15) is 28.2 Å². The molecule has 0 aliphatic rings. The minimum Gasteiger partial charge on any atom is -0.507 e. The van der Waals surface area contributed by atoms with Crippen molar-refractivity contribution in [3.05, 3.63) is 28.8 Å². The van der Waals surface area contributed by atoms with Crippen molar-refractivity contribution in [3.63, 3.8) is 0 Å². The van der Waals surface area contributed by atoms with Gasteiger partial charge in [-0.3, -0.25) is 0 Å². The first-order valence-electron chi connectivity index (χ1n) is 7.35. The van der Waals surface area contributed by atoms with E-state index in [2.05, 4.69) is 0 Å². The van der Waals surface area contributed by atoms with Gasteiger partial charge in [0.25, 0.3) is 5.60 Å². The summed E-state index contributed by atoms with van der Waals surface area (Å²) in [5.41, 5.74) is -6.13. The molecular formula is C17H23F3O4. The van der Waals surface area contributed by atoms with Crippen LogP contribution in [0.25, 0.3) is 0 Å². The quantitative estimate of drug-likeness (QED) is 0.759. The number of phenolic OH excluding ortho intramolecular Hbond substituents is 1. The first-order chi connectivity index (χ1) is 10.4. The molecule has 0 heterocycles. The lowest BCUT2D eigenvalue weighted by Crippen LogP contribution is -2.49. The molecule has 0 spiro atoms. The number of phenols is 1. The van der Waals surface area contributed by atoms with Gasteiger partial charge in [-0.15, -0.1) is 0 Å². The van der Waals surface area contributed by atoms with Crippen molar-refractivity contribution in [2.24, 2.45) is 0 Å². The predicted molar refractivity (Wildman–Crippen MR) is 83.1 cm³/mol. The maximum Gasteiger partial charge on any atom is 0.432 e. The largest absolute Gasteiger partial charge is 0.507 e.